The fourth-order valence-corrected chi connectivity index (χ4v) is 4.71. The van der Waals surface area contributed by atoms with Crippen LogP contribution < -0.4 is 19.5 Å². The summed E-state index contributed by atoms with van der Waals surface area (Å²) in [5.41, 5.74) is 2.57. The molecule has 1 unspecified atom stereocenters. The Morgan fingerprint density at radius 3 is 2.58 bits per heavy atom. The van der Waals surface area contributed by atoms with E-state index in [0.29, 0.717) is 23.6 Å². The number of aliphatic hydroxyl groups is 1. The van der Waals surface area contributed by atoms with Crippen molar-refractivity contribution in [3.05, 3.63) is 93.6 Å². The number of benzene rings is 3. The highest BCUT2D eigenvalue weighted by molar-refractivity contribution is 5.62. The summed E-state index contributed by atoms with van der Waals surface area (Å²) >= 11 is 0. The molecule has 0 bridgehead atoms. The molecule has 0 fully saturated rings. The van der Waals surface area contributed by atoms with Gasteiger partial charge in [-0.2, -0.15) is 13.2 Å². The summed E-state index contributed by atoms with van der Waals surface area (Å²) in [6, 6.07) is 13.9. The Hall–Kier alpha value is -3.49. The predicted molar refractivity (Wildman–Crippen MR) is 129 cm³/mol. The second kappa shape index (κ2) is 9.87. The number of hydrogen-bond donors (Lipinski definition) is 2. The lowest BCUT2D eigenvalue weighted by Gasteiger charge is -2.30. The van der Waals surface area contributed by atoms with E-state index in [1.165, 1.54) is 0 Å². The third-order valence-corrected chi connectivity index (χ3v) is 6.48. The van der Waals surface area contributed by atoms with E-state index in [1.807, 2.05) is 37.3 Å². The normalized spacial score (nSPS) is 16.9. The van der Waals surface area contributed by atoms with Gasteiger partial charge < -0.3 is 24.6 Å². The molecule has 2 aliphatic rings. The fraction of sp³-hybridized carbons (Fsp3) is 0.286. The van der Waals surface area contributed by atoms with E-state index >= 15 is 0 Å². The van der Waals surface area contributed by atoms with Crippen molar-refractivity contribution in [1.29, 1.82) is 0 Å². The molecule has 2 N–H and O–H groups in total. The van der Waals surface area contributed by atoms with Crippen LogP contribution in [0.15, 0.2) is 54.6 Å². The van der Waals surface area contributed by atoms with E-state index in [4.69, 9.17) is 14.2 Å². The number of rotatable bonds is 6. The lowest BCUT2D eigenvalue weighted by Crippen LogP contribution is -2.31. The molecule has 5 nitrogen and oxygen atoms in total. The molecule has 0 amide bonds. The van der Waals surface area contributed by atoms with Gasteiger partial charge in [-0.25, -0.2) is 0 Å². The van der Waals surface area contributed by atoms with Gasteiger partial charge in [-0.15, -0.1) is 0 Å². The van der Waals surface area contributed by atoms with Crippen molar-refractivity contribution in [2.75, 3.05) is 13.3 Å². The fourth-order valence-electron chi connectivity index (χ4n) is 4.71. The average Bonchev–Trinajstić information content (AvgIpc) is 3.32. The number of ether oxygens (including phenoxy) is 3. The summed E-state index contributed by atoms with van der Waals surface area (Å²) in [5.74, 6) is 1.01. The zero-order valence-electron chi connectivity index (χ0n) is 19.7. The van der Waals surface area contributed by atoms with Crippen LogP contribution in [0.1, 0.15) is 45.0 Å². The Balaban J connectivity index is 1.52. The molecule has 2 aliphatic heterocycles. The lowest BCUT2D eigenvalue weighted by atomic mass is 9.86. The largest absolute Gasteiger partial charge is 0.488 e. The van der Waals surface area contributed by atoms with Crippen LogP contribution in [0.25, 0.3) is 6.08 Å². The zero-order valence-corrected chi connectivity index (χ0v) is 19.7. The molecule has 0 saturated carbocycles. The van der Waals surface area contributed by atoms with Crippen LogP contribution in [0.5, 0.6) is 17.2 Å². The van der Waals surface area contributed by atoms with E-state index in [0.717, 1.165) is 16.7 Å². The first-order chi connectivity index (χ1) is 17.3. The maximum atomic E-state index is 14.4. The van der Waals surface area contributed by atoms with Crippen molar-refractivity contribution in [2.24, 2.45) is 0 Å². The first-order valence-electron chi connectivity index (χ1n) is 11.7. The van der Waals surface area contributed by atoms with Gasteiger partial charge >= 0.3 is 6.18 Å². The smallest absolute Gasteiger partial charge is 0.420 e. The number of aliphatic hydroxyl groups excluding tert-OH is 1. The maximum absolute atomic E-state index is 14.4. The Kier molecular flexibility index (Phi) is 6.64. The molecule has 0 aliphatic carbocycles. The molecule has 3 aromatic rings. The quantitative estimate of drug-likeness (QED) is 0.457. The summed E-state index contributed by atoms with van der Waals surface area (Å²) in [6.45, 7) is 1.88. The van der Waals surface area contributed by atoms with Gasteiger partial charge in [-0.05, 0) is 59.4 Å². The van der Waals surface area contributed by atoms with Gasteiger partial charge in [0.05, 0.1) is 12.6 Å². The highest BCUT2D eigenvalue weighted by atomic mass is 19.4. The SMILES string of the molecule is Cc1cc2c(cc1/C=C/C1NCCc3c1cc(CO)c(OCc1ccccc1)c3C(F)(F)F)OCO2. The van der Waals surface area contributed by atoms with Crippen molar-refractivity contribution in [1.82, 2.24) is 5.32 Å². The number of aryl methyl sites for hydroxylation is 1. The summed E-state index contributed by atoms with van der Waals surface area (Å²) in [5, 5.41) is 13.3. The predicted octanol–water partition coefficient (Wildman–Crippen LogP) is 5.71. The van der Waals surface area contributed by atoms with Crippen molar-refractivity contribution in [3.63, 3.8) is 0 Å². The molecule has 0 spiro atoms. The molecule has 5 rings (SSSR count). The van der Waals surface area contributed by atoms with Gasteiger partial charge in [0.1, 0.15) is 17.9 Å². The van der Waals surface area contributed by atoms with Gasteiger partial charge in [-0.3, -0.25) is 0 Å². The standard InChI is InChI=1S/C28H26F3NO4/c1-17-11-24-25(36-16-35-24)13-19(17)7-8-23-22-12-20(14-33)27(34-15-18-5-3-2-4-6-18)26(28(29,30)31)21(22)9-10-32-23/h2-8,11-13,23,32-33H,9-10,14-16H2,1H3/b8-7+. The first-order valence-corrected chi connectivity index (χ1v) is 11.7. The summed E-state index contributed by atoms with van der Waals surface area (Å²) < 4.78 is 59.8. The van der Waals surface area contributed by atoms with Crippen LogP contribution in [0.3, 0.4) is 0 Å². The molecule has 0 radical (unpaired) electrons. The van der Waals surface area contributed by atoms with Crippen LogP contribution in [0.2, 0.25) is 0 Å². The van der Waals surface area contributed by atoms with Crippen LogP contribution in [0.4, 0.5) is 13.2 Å². The summed E-state index contributed by atoms with van der Waals surface area (Å²) in [6.07, 6.45) is -0.726. The summed E-state index contributed by atoms with van der Waals surface area (Å²) in [4.78, 5) is 0. The number of alkyl halides is 3. The molecule has 0 saturated heterocycles. The van der Waals surface area contributed by atoms with E-state index in [1.54, 1.807) is 30.3 Å². The van der Waals surface area contributed by atoms with Gasteiger partial charge in [-0.1, -0.05) is 42.5 Å². The Bertz CT molecular complexity index is 1290. The van der Waals surface area contributed by atoms with Crippen molar-refractivity contribution in [2.45, 2.75) is 38.8 Å². The van der Waals surface area contributed by atoms with E-state index < -0.39 is 24.4 Å². The summed E-state index contributed by atoms with van der Waals surface area (Å²) in [7, 11) is 0. The van der Waals surface area contributed by atoms with Gasteiger partial charge in [0.25, 0.3) is 0 Å². The number of hydrogen-bond acceptors (Lipinski definition) is 5. The highest BCUT2D eigenvalue weighted by Gasteiger charge is 2.41. The lowest BCUT2D eigenvalue weighted by molar-refractivity contribution is -0.139. The number of fused-ring (bicyclic) bond motifs is 2. The molecule has 2 heterocycles. The minimum absolute atomic E-state index is 0.0271. The second-order valence-electron chi connectivity index (χ2n) is 8.84. The third-order valence-electron chi connectivity index (χ3n) is 6.48. The maximum Gasteiger partial charge on any atom is 0.420 e. The van der Waals surface area contributed by atoms with Crippen LogP contribution >= 0.6 is 0 Å². The molecular formula is C28H26F3NO4. The van der Waals surface area contributed by atoms with E-state index in [9.17, 15) is 18.3 Å². The van der Waals surface area contributed by atoms with Crippen molar-refractivity contribution < 1.29 is 32.5 Å². The Morgan fingerprint density at radius 1 is 1.11 bits per heavy atom. The van der Waals surface area contributed by atoms with E-state index in [2.05, 4.69) is 5.32 Å². The molecule has 3 aromatic carbocycles. The van der Waals surface area contributed by atoms with Gasteiger partial charge in [0, 0.05) is 12.1 Å². The minimum atomic E-state index is -4.64. The number of halogens is 3. The number of nitrogens with one attached hydrogen (secondary N) is 1. The minimum Gasteiger partial charge on any atom is -0.488 e. The zero-order chi connectivity index (χ0) is 25.3. The molecular weight excluding hydrogens is 471 g/mol. The topological polar surface area (TPSA) is 60.0 Å². The molecule has 1 atom stereocenters. The molecule has 8 heteroatoms. The Morgan fingerprint density at radius 2 is 1.86 bits per heavy atom. The molecule has 188 valence electrons. The van der Waals surface area contributed by atoms with Crippen molar-refractivity contribution >= 4 is 6.08 Å². The molecule has 36 heavy (non-hydrogen) atoms. The average molecular weight is 498 g/mol. The van der Waals surface area contributed by atoms with Crippen LogP contribution in [-0.2, 0) is 25.8 Å². The van der Waals surface area contributed by atoms with Crippen LogP contribution in [0, 0.1) is 6.92 Å². The third kappa shape index (κ3) is 4.79. The van der Waals surface area contributed by atoms with E-state index in [-0.39, 0.29) is 36.7 Å². The Labute approximate surface area is 207 Å². The van der Waals surface area contributed by atoms with Crippen molar-refractivity contribution in [3.8, 4) is 17.2 Å². The van der Waals surface area contributed by atoms with Crippen LogP contribution in [-0.4, -0.2) is 18.4 Å². The second-order valence-corrected chi connectivity index (χ2v) is 8.84. The highest BCUT2D eigenvalue weighted by Crippen LogP contribution is 2.45. The van der Waals surface area contributed by atoms with Gasteiger partial charge in [0.2, 0.25) is 6.79 Å². The first kappa shape index (κ1) is 24.2. The van der Waals surface area contributed by atoms with Gasteiger partial charge in [0.15, 0.2) is 11.5 Å². The molecule has 0 aromatic heterocycles. The monoisotopic (exact) mass is 497 g/mol.